The van der Waals surface area contributed by atoms with Crippen LogP contribution in [0.5, 0.6) is 0 Å². The van der Waals surface area contributed by atoms with E-state index >= 15 is 0 Å². The van der Waals surface area contributed by atoms with Gasteiger partial charge in [-0.15, -0.1) is 0 Å². The van der Waals surface area contributed by atoms with Crippen molar-refractivity contribution in [3.8, 4) is 0 Å². The minimum absolute atomic E-state index is 0.360. The highest BCUT2D eigenvalue weighted by molar-refractivity contribution is 5.90. The molecular weight excluding hydrogens is 304 g/mol. The molecule has 0 bridgehead atoms. The van der Waals surface area contributed by atoms with Crippen LogP contribution in [0.25, 0.3) is 12.2 Å². The second-order valence-electron chi connectivity index (χ2n) is 5.34. The van der Waals surface area contributed by atoms with Gasteiger partial charge in [0.25, 0.3) is 0 Å². The van der Waals surface area contributed by atoms with Crippen molar-refractivity contribution in [1.29, 1.82) is 0 Å². The third-order valence-electron chi connectivity index (χ3n) is 3.28. The fraction of sp³-hybridized carbons (Fsp3) is 0.400. The number of hydrogen-bond donors (Lipinski definition) is 0. The van der Waals surface area contributed by atoms with Crippen LogP contribution >= 0.6 is 0 Å². The fourth-order valence-corrected chi connectivity index (χ4v) is 1.86. The maximum Gasteiger partial charge on any atom is 0.330 e. The Morgan fingerprint density at radius 3 is 1.62 bits per heavy atom. The molecule has 0 N–H and O–H groups in total. The van der Waals surface area contributed by atoms with Gasteiger partial charge in [0.05, 0.1) is 13.2 Å². The van der Waals surface area contributed by atoms with E-state index < -0.39 is 0 Å². The molecule has 4 heteroatoms. The minimum atomic E-state index is -0.360. The molecule has 0 aliphatic carbocycles. The number of ether oxygens (including phenoxy) is 2. The first-order valence-corrected chi connectivity index (χ1v) is 8.46. The SMILES string of the molecule is CCCCOC(=O)C=Cc1ccccc1C=CC(=O)OCCCC. The number of unbranched alkanes of at least 4 members (excludes halogenated alkanes) is 2. The topological polar surface area (TPSA) is 52.6 Å². The van der Waals surface area contributed by atoms with Gasteiger partial charge in [-0.3, -0.25) is 0 Å². The van der Waals surface area contributed by atoms with Gasteiger partial charge in [-0.05, 0) is 36.1 Å². The molecule has 1 rings (SSSR count). The highest BCUT2D eigenvalue weighted by Gasteiger charge is 2.00. The first kappa shape index (κ1) is 19.7. The van der Waals surface area contributed by atoms with E-state index in [1.807, 2.05) is 38.1 Å². The number of rotatable bonds is 10. The zero-order chi connectivity index (χ0) is 17.6. The molecule has 0 aliphatic heterocycles. The summed E-state index contributed by atoms with van der Waals surface area (Å²) in [5, 5.41) is 0. The number of esters is 2. The van der Waals surface area contributed by atoms with Gasteiger partial charge in [0.2, 0.25) is 0 Å². The summed E-state index contributed by atoms with van der Waals surface area (Å²) in [6.07, 6.45) is 9.88. The summed E-state index contributed by atoms with van der Waals surface area (Å²) >= 11 is 0. The molecule has 0 heterocycles. The van der Waals surface area contributed by atoms with Gasteiger partial charge in [-0.1, -0.05) is 51.0 Å². The second-order valence-corrected chi connectivity index (χ2v) is 5.34. The van der Waals surface area contributed by atoms with Crippen LogP contribution in [-0.4, -0.2) is 25.2 Å². The van der Waals surface area contributed by atoms with Crippen LogP contribution in [-0.2, 0) is 19.1 Å². The minimum Gasteiger partial charge on any atom is -0.463 e. The largest absolute Gasteiger partial charge is 0.463 e. The van der Waals surface area contributed by atoms with Gasteiger partial charge in [-0.2, -0.15) is 0 Å². The van der Waals surface area contributed by atoms with E-state index in [1.54, 1.807) is 12.2 Å². The van der Waals surface area contributed by atoms with E-state index in [0.717, 1.165) is 36.8 Å². The van der Waals surface area contributed by atoms with Gasteiger partial charge >= 0.3 is 11.9 Å². The van der Waals surface area contributed by atoms with Crippen LogP contribution in [0.4, 0.5) is 0 Å². The number of carbonyl (C=O) groups excluding carboxylic acids is 2. The third kappa shape index (κ3) is 8.32. The molecule has 0 spiro atoms. The second kappa shape index (κ2) is 12.1. The highest BCUT2D eigenvalue weighted by atomic mass is 16.5. The molecule has 0 saturated heterocycles. The molecule has 0 radical (unpaired) electrons. The van der Waals surface area contributed by atoms with Gasteiger partial charge in [0.15, 0.2) is 0 Å². The van der Waals surface area contributed by atoms with Gasteiger partial charge < -0.3 is 9.47 Å². The Labute approximate surface area is 144 Å². The van der Waals surface area contributed by atoms with Crippen LogP contribution in [0.1, 0.15) is 50.7 Å². The smallest absolute Gasteiger partial charge is 0.330 e. The molecule has 0 aromatic heterocycles. The van der Waals surface area contributed by atoms with Crippen molar-refractivity contribution in [3.05, 3.63) is 47.5 Å². The molecule has 0 atom stereocenters. The lowest BCUT2D eigenvalue weighted by Crippen LogP contribution is -2.02. The van der Waals surface area contributed by atoms with Crippen LogP contribution in [0.15, 0.2) is 36.4 Å². The highest BCUT2D eigenvalue weighted by Crippen LogP contribution is 2.13. The van der Waals surface area contributed by atoms with E-state index in [9.17, 15) is 9.59 Å². The van der Waals surface area contributed by atoms with E-state index in [0.29, 0.717) is 13.2 Å². The van der Waals surface area contributed by atoms with Crippen LogP contribution in [0.2, 0.25) is 0 Å². The molecule has 4 nitrogen and oxygen atoms in total. The molecule has 0 saturated carbocycles. The Balaban J connectivity index is 2.64. The Hall–Kier alpha value is -2.36. The summed E-state index contributed by atoms with van der Waals surface area (Å²) < 4.78 is 10.2. The zero-order valence-electron chi connectivity index (χ0n) is 14.5. The van der Waals surface area contributed by atoms with Crippen molar-refractivity contribution in [1.82, 2.24) is 0 Å². The summed E-state index contributed by atoms with van der Waals surface area (Å²) in [5.41, 5.74) is 1.67. The quantitative estimate of drug-likeness (QED) is 0.362. The lowest BCUT2D eigenvalue weighted by molar-refractivity contribution is -0.138. The maximum atomic E-state index is 11.6. The molecule has 1 aromatic carbocycles. The van der Waals surface area contributed by atoms with Crippen molar-refractivity contribution in [2.75, 3.05) is 13.2 Å². The van der Waals surface area contributed by atoms with Crippen LogP contribution in [0.3, 0.4) is 0 Å². The van der Waals surface area contributed by atoms with E-state index in [4.69, 9.17) is 9.47 Å². The third-order valence-corrected chi connectivity index (χ3v) is 3.28. The summed E-state index contributed by atoms with van der Waals surface area (Å²) in [6, 6.07) is 7.49. The number of benzene rings is 1. The standard InChI is InChI=1S/C20H26O4/c1-3-5-15-23-19(21)13-11-17-9-7-8-10-18(17)12-14-20(22)24-16-6-4-2/h7-14H,3-6,15-16H2,1-2H3. The van der Waals surface area contributed by atoms with Crippen molar-refractivity contribution >= 4 is 24.1 Å². The van der Waals surface area contributed by atoms with Gasteiger partial charge in [0, 0.05) is 12.2 Å². The van der Waals surface area contributed by atoms with Crippen LogP contribution < -0.4 is 0 Å². The molecule has 0 amide bonds. The Morgan fingerprint density at radius 2 is 1.25 bits per heavy atom. The summed E-state index contributed by atoms with van der Waals surface area (Å²) in [7, 11) is 0. The summed E-state index contributed by atoms with van der Waals surface area (Å²) in [6.45, 7) is 4.95. The average molecular weight is 330 g/mol. The summed E-state index contributed by atoms with van der Waals surface area (Å²) in [4.78, 5) is 23.2. The van der Waals surface area contributed by atoms with E-state index in [1.165, 1.54) is 12.2 Å². The van der Waals surface area contributed by atoms with Crippen LogP contribution in [0, 0.1) is 0 Å². The Kier molecular flexibility index (Phi) is 9.93. The predicted octanol–water partition coefficient (Wildman–Crippen LogP) is 4.40. The van der Waals surface area contributed by atoms with Crippen molar-refractivity contribution < 1.29 is 19.1 Å². The fourth-order valence-electron chi connectivity index (χ4n) is 1.86. The van der Waals surface area contributed by atoms with E-state index in [-0.39, 0.29) is 11.9 Å². The lowest BCUT2D eigenvalue weighted by Gasteiger charge is -2.02. The number of hydrogen-bond acceptors (Lipinski definition) is 4. The molecule has 0 aliphatic rings. The van der Waals surface area contributed by atoms with E-state index in [2.05, 4.69) is 0 Å². The molecule has 130 valence electrons. The molecule has 0 unspecified atom stereocenters. The van der Waals surface area contributed by atoms with Crippen molar-refractivity contribution in [2.45, 2.75) is 39.5 Å². The Bertz CT molecular complexity index is 522. The predicted molar refractivity (Wildman–Crippen MR) is 96.2 cm³/mol. The normalized spacial score (nSPS) is 11.1. The first-order valence-electron chi connectivity index (χ1n) is 8.46. The molecule has 24 heavy (non-hydrogen) atoms. The zero-order valence-corrected chi connectivity index (χ0v) is 14.5. The lowest BCUT2D eigenvalue weighted by atomic mass is 10.1. The maximum absolute atomic E-state index is 11.6. The monoisotopic (exact) mass is 330 g/mol. The first-order chi connectivity index (χ1) is 11.7. The van der Waals surface area contributed by atoms with Crippen molar-refractivity contribution in [2.24, 2.45) is 0 Å². The van der Waals surface area contributed by atoms with Crippen molar-refractivity contribution in [3.63, 3.8) is 0 Å². The van der Waals surface area contributed by atoms with Gasteiger partial charge in [-0.25, -0.2) is 9.59 Å². The summed E-state index contributed by atoms with van der Waals surface area (Å²) in [5.74, 6) is -0.720. The molecule has 0 fully saturated rings. The average Bonchev–Trinajstić information content (AvgIpc) is 2.59. The number of carbonyl (C=O) groups is 2. The van der Waals surface area contributed by atoms with Gasteiger partial charge in [0.1, 0.15) is 0 Å². The molecular formula is C20H26O4. The Morgan fingerprint density at radius 1 is 0.833 bits per heavy atom. The molecule has 1 aromatic rings.